The number of hydrogen-bond acceptors (Lipinski definition) is 5. The smallest absolute Gasteiger partial charge is 0.348 e. The minimum absolute atomic E-state index is 0.425. The van der Waals surface area contributed by atoms with E-state index in [0.717, 1.165) is 15.9 Å². The number of fused-ring (bicyclic) bond motifs is 1. The van der Waals surface area contributed by atoms with Crippen molar-refractivity contribution in [1.82, 2.24) is 4.98 Å². The van der Waals surface area contributed by atoms with Crippen LogP contribution in [0.1, 0.15) is 12.8 Å². The molecule has 5 nitrogen and oxygen atoms in total. The van der Waals surface area contributed by atoms with Gasteiger partial charge in [0.15, 0.2) is 5.13 Å². The Labute approximate surface area is 149 Å². The van der Waals surface area contributed by atoms with Crippen molar-refractivity contribution in [2.45, 2.75) is 18.4 Å². The minimum Gasteiger partial charge on any atom is -0.478 e. The fraction of sp³-hybridized carbons (Fsp3) is 0.263. The van der Waals surface area contributed by atoms with Gasteiger partial charge >= 0.3 is 5.97 Å². The molecule has 128 valence electrons. The highest BCUT2D eigenvalue weighted by atomic mass is 32.1. The van der Waals surface area contributed by atoms with Crippen molar-refractivity contribution in [2.24, 2.45) is 0 Å². The number of benzene rings is 2. The Kier molecular flexibility index (Phi) is 4.05. The maximum absolute atomic E-state index is 12.0. The molecule has 1 saturated heterocycles. The summed E-state index contributed by atoms with van der Waals surface area (Å²) < 4.78 is 6.03. The molecule has 0 spiro atoms. The lowest BCUT2D eigenvalue weighted by atomic mass is 9.91. The highest BCUT2D eigenvalue weighted by molar-refractivity contribution is 7.13. The van der Waals surface area contributed by atoms with Crippen LogP contribution in [-0.4, -0.2) is 34.8 Å². The van der Waals surface area contributed by atoms with Crippen LogP contribution in [0.15, 0.2) is 54.0 Å². The molecule has 0 radical (unpaired) electrons. The van der Waals surface area contributed by atoms with Crippen molar-refractivity contribution < 1.29 is 14.6 Å². The predicted octanol–water partition coefficient (Wildman–Crippen LogP) is 3.80. The topological polar surface area (TPSA) is 62.7 Å². The number of ether oxygens (including phenoxy) is 1. The summed E-state index contributed by atoms with van der Waals surface area (Å²) in [6.07, 6.45) is 2.62. The molecule has 25 heavy (non-hydrogen) atoms. The summed E-state index contributed by atoms with van der Waals surface area (Å²) in [5, 5.41) is 14.8. The van der Waals surface area contributed by atoms with E-state index in [2.05, 4.69) is 9.88 Å². The second kappa shape index (κ2) is 6.37. The molecular formula is C19H18N2O3S. The van der Waals surface area contributed by atoms with Crippen LogP contribution in [0, 0.1) is 0 Å². The monoisotopic (exact) mass is 354 g/mol. The molecule has 0 amide bonds. The zero-order valence-electron chi connectivity index (χ0n) is 13.6. The van der Waals surface area contributed by atoms with Crippen LogP contribution < -0.4 is 9.64 Å². The molecule has 2 heterocycles. The number of anilines is 1. The SMILES string of the molecule is O=C(O)C1(Oc2ccc3ccccc3c2)CCN(c2nccs2)CC1. The van der Waals surface area contributed by atoms with E-state index in [0.29, 0.717) is 31.7 Å². The second-order valence-electron chi connectivity index (χ2n) is 6.21. The van der Waals surface area contributed by atoms with Crippen molar-refractivity contribution in [2.75, 3.05) is 18.0 Å². The lowest BCUT2D eigenvalue weighted by molar-refractivity contribution is -0.157. The third kappa shape index (κ3) is 3.05. The highest BCUT2D eigenvalue weighted by Crippen LogP contribution is 2.33. The summed E-state index contributed by atoms with van der Waals surface area (Å²) in [6.45, 7) is 1.24. The van der Waals surface area contributed by atoms with E-state index in [4.69, 9.17) is 4.74 Å². The summed E-state index contributed by atoms with van der Waals surface area (Å²) in [6, 6.07) is 13.7. The van der Waals surface area contributed by atoms with E-state index in [1.807, 2.05) is 47.8 Å². The van der Waals surface area contributed by atoms with Gasteiger partial charge < -0.3 is 14.7 Å². The van der Waals surface area contributed by atoms with Crippen molar-refractivity contribution >= 4 is 33.2 Å². The average molecular weight is 354 g/mol. The van der Waals surface area contributed by atoms with Gasteiger partial charge in [0, 0.05) is 37.5 Å². The first-order chi connectivity index (χ1) is 12.2. The van der Waals surface area contributed by atoms with E-state index in [9.17, 15) is 9.90 Å². The molecule has 0 aliphatic carbocycles. The largest absolute Gasteiger partial charge is 0.478 e. The van der Waals surface area contributed by atoms with Crippen LogP contribution >= 0.6 is 11.3 Å². The maximum Gasteiger partial charge on any atom is 0.348 e. The minimum atomic E-state index is -1.18. The normalized spacial score (nSPS) is 16.7. The fourth-order valence-electron chi connectivity index (χ4n) is 3.25. The number of rotatable bonds is 4. The number of aromatic nitrogens is 1. The number of aliphatic carboxylic acids is 1. The van der Waals surface area contributed by atoms with Gasteiger partial charge in [-0.25, -0.2) is 9.78 Å². The van der Waals surface area contributed by atoms with Gasteiger partial charge in [-0.1, -0.05) is 30.3 Å². The molecule has 0 unspecified atom stereocenters. The van der Waals surface area contributed by atoms with Crippen LogP contribution in [0.5, 0.6) is 5.75 Å². The van der Waals surface area contributed by atoms with Crippen molar-refractivity contribution in [1.29, 1.82) is 0 Å². The molecule has 2 aromatic carbocycles. The van der Waals surface area contributed by atoms with Crippen molar-refractivity contribution in [3.8, 4) is 5.75 Å². The average Bonchev–Trinajstić information content (AvgIpc) is 3.17. The Balaban J connectivity index is 1.56. The lowest BCUT2D eigenvalue weighted by Gasteiger charge is -2.38. The Hall–Kier alpha value is -2.60. The summed E-state index contributed by atoms with van der Waals surface area (Å²) in [7, 11) is 0. The quantitative estimate of drug-likeness (QED) is 0.772. The Morgan fingerprint density at radius 2 is 1.92 bits per heavy atom. The highest BCUT2D eigenvalue weighted by Gasteiger charge is 2.44. The molecule has 1 aliphatic rings. The van der Waals surface area contributed by atoms with Crippen molar-refractivity contribution in [3.63, 3.8) is 0 Å². The number of piperidine rings is 1. The van der Waals surface area contributed by atoms with E-state index in [-0.39, 0.29) is 0 Å². The van der Waals surface area contributed by atoms with E-state index in [1.165, 1.54) is 0 Å². The van der Waals surface area contributed by atoms with Crippen LogP contribution in [0.2, 0.25) is 0 Å². The van der Waals surface area contributed by atoms with Gasteiger partial charge in [0.1, 0.15) is 5.75 Å². The maximum atomic E-state index is 12.0. The van der Waals surface area contributed by atoms with Gasteiger partial charge in [-0.15, -0.1) is 11.3 Å². The first-order valence-electron chi connectivity index (χ1n) is 8.22. The van der Waals surface area contributed by atoms with Gasteiger partial charge in [-0.2, -0.15) is 0 Å². The van der Waals surface area contributed by atoms with E-state index >= 15 is 0 Å². The number of nitrogens with zero attached hydrogens (tertiary/aromatic N) is 2. The molecule has 1 aromatic heterocycles. The van der Waals surface area contributed by atoms with Crippen LogP contribution in [0.4, 0.5) is 5.13 Å². The van der Waals surface area contributed by atoms with Gasteiger partial charge in [-0.05, 0) is 22.9 Å². The van der Waals surface area contributed by atoms with Gasteiger partial charge in [-0.3, -0.25) is 0 Å². The zero-order valence-corrected chi connectivity index (χ0v) is 14.4. The summed E-state index contributed by atoms with van der Waals surface area (Å²) in [5.41, 5.74) is -1.18. The molecule has 3 aromatic rings. The lowest BCUT2D eigenvalue weighted by Crippen LogP contribution is -2.53. The summed E-state index contributed by atoms with van der Waals surface area (Å²) >= 11 is 1.57. The Bertz CT molecular complexity index is 887. The van der Waals surface area contributed by atoms with Gasteiger partial charge in [0.05, 0.1) is 0 Å². The molecule has 0 bridgehead atoms. The number of thiazole rings is 1. The van der Waals surface area contributed by atoms with Crippen LogP contribution in [0.25, 0.3) is 10.8 Å². The van der Waals surface area contributed by atoms with Crippen LogP contribution in [-0.2, 0) is 4.79 Å². The molecule has 4 rings (SSSR count). The Morgan fingerprint density at radius 3 is 2.60 bits per heavy atom. The number of carboxylic acids is 1. The van der Waals surface area contributed by atoms with Crippen LogP contribution in [0.3, 0.4) is 0 Å². The molecule has 0 atom stereocenters. The summed E-state index contributed by atoms with van der Waals surface area (Å²) in [4.78, 5) is 18.4. The van der Waals surface area contributed by atoms with E-state index < -0.39 is 11.6 Å². The van der Waals surface area contributed by atoms with Gasteiger partial charge in [0.2, 0.25) is 5.60 Å². The van der Waals surface area contributed by atoms with Gasteiger partial charge in [0.25, 0.3) is 0 Å². The molecule has 6 heteroatoms. The van der Waals surface area contributed by atoms with E-state index in [1.54, 1.807) is 17.5 Å². The molecule has 1 N–H and O–H groups in total. The number of carboxylic acid groups (broad SMARTS) is 1. The number of hydrogen-bond donors (Lipinski definition) is 1. The third-order valence-corrected chi connectivity index (χ3v) is 5.52. The van der Waals surface area contributed by atoms with Crippen molar-refractivity contribution in [3.05, 3.63) is 54.0 Å². The second-order valence-corrected chi connectivity index (χ2v) is 7.09. The predicted molar refractivity (Wildman–Crippen MR) is 98.5 cm³/mol. The first kappa shape index (κ1) is 15.9. The fourth-order valence-corrected chi connectivity index (χ4v) is 3.94. The standard InChI is InChI=1S/C19H18N2O3S/c22-17(23)19(7-10-21(11-8-19)18-20-9-12-25-18)24-16-6-5-14-3-1-2-4-15(14)13-16/h1-6,9,12-13H,7-8,10-11H2,(H,22,23). The first-order valence-corrected chi connectivity index (χ1v) is 9.10. The summed E-state index contributed by atoms with van der Waals surface area (Å²) in [5.74, 6) is -0.303. The molecule has 1 aliphatic heterocycles. The zero-order chi connectivity index (χ0) is 17.3. The number of carbonyl (C=O) groups is 1. The Morgan fingerprint density at radius 1 is 1.16 bits per heavy atom. The molecule has 0 saturated carbocycles. The third-order valence-electron chi connectivity index (χ3n) is 4.68. The molecule has 1 fully saturated rings. The molecular weight excluding hydrogens is 336 g/mol.